The van der Waals surface area contributed by atoms with Crippen LogP contribution in [0, 0.1) is 5.41 Å². The quantitative estimate of drug-likeness (QED) is 0.748. The molecule has 0 atom stereocenters. The molecule has 2 rings (SSSR count). The molecule has 0 aromatic carbocycles. The first-order chi connectivity index (χ1) is 9.67. The molecule has 0 unspecified atom stereocenters. The molecule has 1 fully saturated rings. The lowest BCUT2D eigenvalue weighted by molar-refractivity contribution is -0.118. The van der Waals surface area contributed by atoms with E-state index >= 15 is 0 Å². The number of carbonyl (C=O) groups excluding carboxylic acids is 1. The van der Waals surface area contributed by atoms with Gasteiger partial charge in [-0.05, 0) is 31.2 Å². The molecule has 1 heterocycles. The maximum absolute atomic E-state index is 12.2. The van der Waals surface area contributed by atoms with Crippen molar-refractivity contribution in [3.8, 4) is 0 Å². The molecule has 20 heavy (non-hydrogen) atoms. The summed E-state index contributed by atoms with van der Waals surface area (Å²) < 4.78 is 0. The van der Waals surface area contributed by atoms with Crippen molar-refractivity contribution in [2.45, 2.75) is 58.3 Å². The summed E-state index contributed by atoms with van der Waals surface area (Å²) >= 11 is 0. The van der Waals surface area contributed by atoms with E-state index in [4.69, 9.17) is 5.73 Å². The van der Waals surface area contributed by atoms with Gasteiger partial charge in [0, 0.05) is 18.2 Å². The number of nitrogens with one attached hydrogen (secondary N) is 2. The van der Waals surface area contributed by atoms with Crippen LogP contribution in [0.3, 0.4) is 0 Å². The molecule has 5 heteroatoms. The Labute approximate surface area is 120 Å². The zero-order valence-corrected chi connectivity index (χ0v) is 12.4. The van der Waals surface area contributed by atoms with Crippen LogP contribution in [0.25, 0.3) is 0 Å². The van der Waals surface area contributed by atoms with Crippen LogP contribution < -0.4 is 11.1 Å². The van der Waals surface area contributed by atoms with Gasteiger partial charge in [-0.25, -0.2) is 0 Å². The maximum Gasteiger partial charge on any atom is 0.226 e. The first-order valence-electron chi connectivity index (χ1n) is 7.72. The van der Waals surface area contributed by atoms with E-state index in [2.05, 4.69) is 22.4 Å². The van der Waals surface area contributed by atoms with Crippen LogP contribution in [0.4, 0.5) is 5.82 Å². The van der Waals surface area contributed by atoms with Crippen LogP contribution in [0.5, 0.6) is 0 Å². The number of aryl methyl sites for hydroxylation is 1. The topological polar surface area (TPSA) is 83.8 Å². The number of hydrogen-bond acceptors (Lipinski definition) is 3. The molecule has 0 spiro atoms. The molecule has 112 valence electrons. The highest BCUT2D eigenvalue weighted by molar-refractivity contribution is 5.90. The van der Waals surface area contributed by atoms with Crippen LogP contribution in [-0.4, -0.2) is 22.6 Å². The molecule has 1 aliphatic rings. The number of H-pyrrole nitrogens is 1. The van der Waals surface area contributed by atoms with Gasteiger partial charge in [-0.3, -0.25) is 9.89 Å². The monoisotopic (exact) mass is 278 g/mol. The van der Waals surface area contributed by atoms with E-state index in [9.17, 15) is 4.79 Å². The summed E-state index contributed by atoms with van der Waals surface area (Å²) in [6.45, 7) is 2.72. The van der Waals surface area contributed by atoms with Crippen molar-refractivity contribution in [1.82, 2.24) is 10.2 Å². The van der Waals surface area contributed by atoms with E-state index in [0.717, 1.165) is 31.4 Å². The van der Waals surface area contributed by atoms with E-state index in [1.165, 1.54) is 19.3 Å². The lowest BCUT2D eigenvalue weighted by Crippen LogP contribution is -2.36. The van der Waals surface area contributed by atoms with Crippen molar-refractivity contribution in [2.75, 3.05) is 11.9 Å². The van der Waals surface area contributed by atoms with Crippen molar-refractivity contribution in [3.63, 3.8) is 0 Å². The summed E-state index contributed by atoms with van der Waals surface area (Å²) in [5.41, 5.74) is 6.99. The molecule has 1 aromatic heterocycles. The fraction of sp³-hybridized carbons (Fsp3) is 0.733. The van der Waals surface area contributed by atoms with Gasteiger partial charge in [0.1, 0.15) is 0 Å². The van der Waals surface area contributed by atoms with E-state index in [0.29, 0.717) is 18.8 Å². The SMILES string of the molecule is CCCc1cc(NC(=O)CC2(CN)CCCCC2)n[nH]1. The largest absolute Gasteiger partial charge is 0.330 e. The van der Waals surface area contributed by atoms with Crippen LogP contribution >= 0.6 is 0 Å². The molecule has 1 saturated carbocycles. The number of rotatable bonds is 6. The summed E-state index contributed by atoms with van der Waals surface area (Å²) in [6, 6.07) is 1.91. The van der Waals surface area contributed by atoms with Gasteiger partial charge in [0.25, 0.3) is 0 Å². The smallest absolute Gasteiger partial charge is 0.226 e. The Bertz CT molecular complexity index is 435. The minimum Gasteiger partial charge on any atom is -0.330 e. The van der Waals surface area contributed by atoms with Gasteiger partial charge in [-0.2, -0.15) is 5.10 Å². The van der Waals surface area contributed by atoms with Gasteiger partial charge < -0.3 is 11.1 Å². The second kappa shape index (κ2) is 6.88. The van der Waals surface area contributed by atoms with Crippen molar-refractivity contribution in [3.05, 3.63) is 11.8 Å². The molecule has 4 N–H and O–H groups in total. The maximum atomic E-state index is 12.2. The second-order valence-corrected chi connectivity index (χ2v) is 6.02. The highest BCUT2D eigenvalue weighted by Crippen LogP contribution is 2.38. The first-order valence-corrected chi connectivity index (χ1v) is 7.72. The fourth-order valence-electron chi connectivity index (χ4n) is 3.11. The number of carbonyl (C=O) groups is 1. The number of hydrogen-bond donors (Lipinski definition) is 3. The highest BCUT2D eigenvalue weighted by atomic mass is 16.1. The van der Waals surface area contributed by atoms with Gasteiger partial charge in [0.15, 0.2) is 5.82 Å². The Morgan fingerprint density at radius 2 is 2.20 bits per heavy atom. The summed E-state index contributed by atoms with van der Waals surface area (Å²) in [6.07, 6.45) is 8.31. The highest BCUT2D eigenvalue weighted by Gasteiger charge is 2.33. The third kappa shape index (κ3) is 3.82. The third-order valence-electron chi connectivity index (χ3n) is 4.30. The average molecular weight is 278 g/mol. The predicted molar refractivity (Wildman–Crippen MR) is 80.4 cm³/mol. The minimum atomic E-state index is 0.00485. The Kier molecular flexibility index (Phi) is 5.17. The van der Waals surface area contributed by atoms with Gasteiger partial charge in [0.05, 0.1) is 0 Å². The lowest BCUT2D eigenvalue weighted by Gasteiger charge is -2.35. The summed E-state index contributed by atoms with van der Waals surface area (Å²) in [7, 11) is 0. The van der Waals surface area contributed by atoms with Gasteiger partial charge in [0.2, 0.25) is 5.91 Å². The Hall–Kier alpha value is -1.36. The number of nitrogens with zero attached hydrogens (tertiary/aromatic N) is 1. The normalized spacial score (nSPS) is 17.9. The number of amides is 1. The number of anilines is 1. The molecule has 5 nitrogen and oxygen atoms in total. The van der Waals surface area contributed by atoms with Crippen LogP contribution in [0.1, 0.15) is 57.6 Å². The zero-order valence-electron chi connectivity index (χ0n) is 12.4. The summed E-state index contributed by atoms with van der Waals surface area (Å²) in [5.74, 6) is 0.660. The van der Waals surface area contributed by atoms with Crippen LogP contribution in [0.2, 0.25) is 0 Å². The van der Waals surface area contributed by atoms with E-state index in [1.807, 2.05) is 6.07 Å². The Balaban J connectivity index is 1.90. The number of aromatic amines is 1. The van der Waals surface area contributed by atoms with E-state index in [1.54, 1.807) is 0 Å². The molecule has 0 bridgehead atoms. The van der Waals surface area contributed by atoms with Crippen LogP contribution in [0.15, 0.2) is 6.07 Å². The number of aromatic nitrogens is 2. The average Bonchev–Trinajstić information content (AvgIpc) is 2.87. The molecule has 0 aliphatic heterocycles. The van der Waals surface area contributed by atoms with Gasteiger partial charge in [-0.1, -0.05) is 32.6 Å². The summed E-state index contributed by atoms with van der Waals surface area (Å²) in [5, 5.41) is 9.97. The molecule has 1 amide bonds. The van der Waals surface area contributed by atoms with Crippen molar-refractivity contribution in [1.29, 1.82) is 0 Å². The predicted octanol–water partition coefficient (Wildman–Crippen LogP) is 2.60. The Morgan fingerprint density at radius 1 is 1.45 bits per heavy atom. The van der Waals surface area contributed by atoms with Gasteiger partial charge in [-0.15, -0.1) is 0 Å². The standard InChI is InChI=1S/C15H26N4O/c1-2-6-12-9-13(19-18-12)17-14(20)10-15(11-16)7-4-3-5-8-15/h9H,2-8,10-11,16H2,1H3,(H2,17,18,19,20). The fourth-order valence-corrected chi connectivity index (χ4v) is 3.11. The first kappa shape index (κ1) is 15.0. The second-order valence-electron chi connectivity index (χ2n) is 6.02. The Morgan fingerprint density at radius 3 is 2.85 bits per heavy atom. The molecule has 0 saturated heterocycles. The molecular weight excluding hydrogens is 252 g/mol. The van der Waals surface area contributed by atoms with E-state index < -0.39 is 0 Å². The van der Waals surface area contributed by atoms with Crippen molar-refractivity contribution in [2.24, 2.45) is 11.1 Å². The van der Waals surface area contributed by atoms with Crippen molar-refractivity contribution < 1.29 is 4.79 Å². The molecule has 0 radical (unpaired) electrons. The molecule has 1 aliphatic carbocycles. The zero-order chi connectivity index (χ0) is 14.4. The molecular formula is C15H26N4O. The van der Waals surface area contributed by atoms with Crippen molar-refractivity contribution >= 4 is 11.7 Å². The molecule has 1 aromatic rings. The van der Waals surface area contributed by atoms with E-state index in [-0.39, 0.29) is 11.3 Å². The summed E-state index contributed by atoms with van der Waals surface area (Å²) in [4.78, 5) is 12.2. The number of nitrogens with two attached hydrogens (primary N) is 1. The van der Waals surface area contributed by atoms with Crippen LogP contribution in [-0.2, 0) is 11.2 Å². The van der Waals surface area contributed by atoms with Gasteiger partial charge >= 0.3 is 0 Å². The lowest BCUT2D eigenvalue weighted by atomic mass is 9.71. The minimum absolute atomic E-state index is 0.00485. The third-order valence-corrected chi connectivity index (χ3v) is 4.30.